The second-order valence-electron chi connectivity index (χ2n) is 11.2. The Bertz CT molecular complexity index is 1470. The molecule has 0 aromatic carbocycles. The van der Waals surface area contributed by atoms with E-state index in [1.165, 1.54) is 0 Å². The summed E-state index contributed by atoms with van der Waals surface area (Å²) in [6.07, 6.45) is -17.6. The summed E-state index contributed by atoms with van der Waals surface area (Å²) in [5.41, 5.74) is 0. The van der Waals surface area contributed by atoms with Gasteiger partial charge in [0.25, 0.3) is 0 Å². The number of alkyl halides is 37. The highest BCUT2D eigenvalue weighted by Crippen LogP contribution is 2.69. The van der Waals surface area contributed by atoms with Crippen LogP contribution in [0.1, 0.15) is 19.8 Å². The summed E-state index contributed by atoms with van der Waals surface area (Å²) in [7, 11) is 0. The Hall–Kier alpha value is -2.59. The predicted molar refractivity (Wildman–Crippen MR) is 105 cm³/mol. The van der Waals surface area contributed by atoms with Gasteiger partial charge in [-0.1, -0.05) is 6.92 Å². The Labute approximate surface area is 290 Å². The minimum Gasteiger partial charge on any atom is -0.200 e. The highest BCUT2D eigenvalue weighted by atomic mass is 19.4. The molecule has 0 rings (SSSR count). The molecule has 0 aromatic rings. The van der Waals surface area contributed by atoms with Crippen LogP contribution in [-0.2, 0) is 0 Å². The monoisotopic (exact) mass is 962 g/mol. The fourth-order valence-electron chi connectivity index (χ4n) is 3.56. The molecule has 0 bridgehead atoms. The van der Waals surface area contributed by atoms with Gasteiger partial charge in [0.1, 0.15) is 0 Å². The van der Waals surface area contributed by atoms with Crippen LogP contribution in [0.2, 0.25) is 0 Å². The van der Waals surface area contributed by atoms with E-state index in [0.717, 1.165) is 0 Å². The van der Waals surface area contributed by atoms with E-state index in [1.807, 2.05) is 0 Å². The summed E-state index contributed by atoms with van der Waals surface area (Å²) in [5.74, 6) is -158. The number of halogens is 37. The van der Waals surface area contributed by atoms with Gasteiger partial charge in [0, 0.05) is 6.42 Å². The molecule has 0 radical (unpaired) electrons. The van der Waals surface area contributed by atoms with Gasteiger partial charge in [0.2, 0.25) is 0 Å². The van der Waals surface area contributed by atoms with Crippen LogP contribution in [0, 0.1) is 0 Å². The lowest BCUT2D eigenvalue weighted by Gasteiger charge is -2.45. The van der Waals surface area contributed by atoms with Crippen molar-refractivity contribution in [2.24, 2.45) is 0 Å². The molecule has 0 N–H and O–H groups in total. The number of hydrogen-bond acceptors (Lipinski definition) is 0. The van der Waals surface area contributed by atoms with Gasteiger partial charge in [0.05, 0.1) is 6.42 Å². The van der Waals surface area contributed by atoms with E-state index in [0.29, 0.717) is 0 Å². The molecule has 0 nitrogen and oxygen atoms in total. The molecule has 0 atom stereocenters. The van der Waals surface area contributed by atoms with Crippen LogP contribution in [0.15, 0.2) is 0 Å². The van der Waals surface area contributed by atoms with Gasteiger partial charge >= 0.3 is 107 Å². The Balaban J connectivity index is 7.55. The SMILES string of the molecule is CCC(F)(F)C(F)(F)C(F)(F)C(F)(F)C(F)(F)C(F)(F)C(F)(F)C(F)(F)C(F)(F)C(F)(F)CC(F)(F)C(F)(F)C(F)(F)C(F)(F)C(F)(F)C(F)(F)C(F)(F)C(F)(F)F. The highest BCUT2D eigenvalue weighted by Gasteiger charge is 2.99. The van der Waals surface area contributed by atoms with E-state index in [9.17, 15) is 162 Å². The summed E-state index contributed by atoms with van der Waals surface area (Å²) in [6, 6.07) is 0. The maximum absolute atomic E-state index is 13.9. The van der Waals surface area contributed by atoms with Gasteiger partial charge in [-0.3, -0.25) is 0 Å². The van der Waals surface area contributed by atoms with Crippen molar-refractivity contribution in [3.8, 4) is 0 Å². The van der Waals surface area contributed by atoms with E-state index in [2.05, 4.69) is 0 Å². The van der Waals surface area contributed by atoms with E-state index in [4.69, 9.17) is 0 Å². The zero-order valence-corrected chi connectivity index (χ0v) is 25.4. The average Bonchev–Trinajstić information content (AvgIpc) is 2.98. The first-order valence-electron chi connectivity index (χ1n) is 12.8. The molecular weight excluding hydrogens is 955 g/mol. The van der Waals surface area contributed by atoms with E-state index < -0.39 is 127 Å². The molecule has 0 heterocycles. The topological polar surface area (TPSA) is 0 Å². The van der Waals surface area contributed by atoms with Crippen molar-refractivity contribution in [3.05, 3.63) is 0 Å². The summed E-state index contributed by atoms with van der Waals surface area (Å²) >= 11 is 0. The lowest BCUT2D eigenvalue weighted by Crippen LogP contribution is -2.77. The fourth-order valence-corrected chi connectivity index (χ4v) is 3.56. The lowest BCUT2D eigenvalue weighted by molar-refractivity contribution is -0.473. The summed E-state index contributed by atoms with van der Waals surface area (Å²) in [5, 5.41) is 0. The minimum atomic E-state index is -9.95. The van der Waals surface area contributed by atoms with Crippen LogP contribution in [0.4, 0.5) is 162 Å². The Kier molecular flexibility index (Phi) is 12.9. The molecule has 0 saturated heterocycles. The predicted octanol–water partition coefficient (Wildman–Crippen LogP) is 13.1. The number of hydrogen-bond donors (Lipinski definition) is 0. The first-order chi connectivity index (χ1) is 24.3. The number of rotatable bonds is 18. The molecular formula is C21H7F37. The first kappa shape index (κ1) is 55.4. The van der Waals surface area contributed by atoms with Crippen LogP contribution in [0.3, 0.4) is 0 Å². The maximum atomic E-state index is 13.9. The van der Waals surface area contributed by atoms with E-state index >= 15 is 0 Å². The van der Waals surface area contributed by atoms with Crippen molar-refractivity contribution >= 4 is 0 Å². The van der Waals surface area contributed by atoms with Crippen LogP contribution in [-0.4, -0.2) is 107 Å². The lowest BCUT2D eigenvalue weighted by atomic mass is 9.83. The molecule has 0 saturated carbocycles. The van der Waals surface area contributed by atoms with Crippen molar-refractivity contribution < 1.29 is 162 Å². The van der Waals surface area contributed by atoms with Crippen molar-refractivity contribution in [3.63, 3.8) is 0 Å². The summed E-state index contributed by atoms with van der Waals surface area (Å²) < 4.78 is 499. The summed E-state index contributed by atoms with van der Waals surface area (Å²) in [4.78, 5) is 0. The van der Waals surface area contributed by atoms with Gasteiger partial charge in [-0.25, -0.2) is 0 Å². The van der Waals surface area contributed by atoms with Gasteiger partial charge in [0.15, 0.2) is 0 Å². The molecule has 0 amide bonds. The van der Waals surface area contributed by atoms with Crippen molar-refractivity contribution in [2.45, 2.75) is 127 Å². The van der Waals surface area contributed by atoms with Crippen molar-refractivity contribution in [1.29, 1.82) is 0 Å². The smallest absolute Gasteiger partial charge is 0.200 e. The zero-order chi connectivity index (χ0) is 48.4. The van der Waals surface area contributed by atoms with E-state index in [-0.39, 0.29) is 0 Å². The molecule has 37 heteroatoms. The van der Waals surface area contributed by atoms with Gasteiger partial charge < -0.3 is 0 Å². The Morgan fingerprint density at radius 3 is 0.483 bits per heavy atom. The van der Waals surface area contributed by atoms with Gasteiger partial charge in [-0.15, -0.1) is 0 Å². The second-order valence-corrected chi connectivity index (χ2v) is 11.2. The average molecular weight is 962 g/mol. The molecule has 58 heavy (non-hydrogen) atoms. The normalized spacial score (nSPS) is 17.3. The zero-order valence-electron chi connectivity index (χ0n) is 25.4. The molecule has 0 unspecified atom stereocenters. The third kappa shape index (κ3) is 6.48. The largest absolute Gasteiger partial charge is 0.460 e. The molecule has 350 valence electrons. The molecule has 0 aliphatic heterocycles. The third-order valence-electron chi connectivity index (χ3n) is 7.35. The van der Waals surface area contributed by atoms with Gasteiger partial charge in [-0.2, -0.15) is 162 Å². The van der Waals surface area contributed by atoms with Crippen LogP contribution in [0.5, 0.6) is 0 Å². The third-order valence-corrected chi connectivity index (χ3v) is 7.35. The second kappa shape index (κ2) is 13.5. The quantitative estimate of drug-likeness (QED) is 0.120. The first-order valence-corrected chi connectivity index (χ1v) is 12.8. The van der Waals surface area contributed by atoms with Crippen LogP contribution >= 0.6 is 0 Å². The van der Waals surface area contributed by atoms with E-state index in [1.54, 1.807) is 0 Å². The highest BCUT2D eigenvalue weighted by molar-refractivity contribution is 5.20. The molecule has 0 aliphatic rings. The summed E-state index contributed by atoms with van der Waals surface area (Å²) in [6.45, 7) is -0.439. The molecule has 0 fully saturated rings. The Morgan fingerprint density at radius 1 is 0.190 bits per heavy atom. The Morgan fingerprint density at radius 2 is 0.328 bits per heavy atom. The fraction of sp³-hybridized carbons (Fsp3) is 1.00. The van der Waals surface area contributed by atoms with Crippen molar-refractivity contribution in [2.75, 3.05) is 0 Å². The molecule has 0 aliphatic carbocycles. The molecule has 0 spiro atoms. The van der Waals surface area contributed by atoms with Crippen LogP contribution < -0.4 is 0 Å². The van der Waals surface area contributed by atoms with Crippen LogP contribution in [0.25, 0.3) is 0 Å². The van der Waals surface area contributed by atoms with Crippen molar-refractivity contribution in [1.82, 2.24) is 0 Å². The maximum Gasteiger partial charge on any atom is 0.460 e. The van der Waals surface area contributed by atoms with Gasteiger partial charge in [-0.05, 0) is 0 Å². The standard InChI is InChI=1S/C21H7F37/c1-2-4(22,23)7(28,29)10(34,35)13(40,41)16(46,47)17(48,49)14(42,43)11(36,37)8(30,31)5(24,25)3-6(26,27)9(32,33)12(38,39)15(44,45)18(50,51)19(52,53)20(54,55)21(56,57)58/h2-3H2,1H3. The minimum absolute atomic E-state index is 0.439. The molecule has 0 aromatic heterocycles.